The minimum Gasteiger partial charge on any atom is -0.409 e. The molecule has 0 spiro atoms. The van der Waals surface area contributed by atoms with E-state index in [1.165, 1.54) is 10.7 Å². The number of nitro groups is 1. The van der Waals surface area contributed by atoms with E-state index >= 15 is 0 Å². The Morgan fingerprint density at radius 2 is 2.29 bits per heavy atom. The number of hydrogen-bond donors (Lipinski definition) is 2. The fraction of sp³-hybridized carbons (Fsp3) is 0.250. The third kappa shape index (κ3) is 2.81. The van der Waals surface area contributed by atoms with Crippen LogP contribution in [0.2, 0.25) is 0 Å². The van der Waals surface area contributed by atoms with E-state index < -0.39 is 4.92 Å². The van der Waals surface area contributed by atoms with Gasteiger partial charge in [0.1, 0.15) is 6.20 Å². The molecule has 21 heavy (non-hydrogen) atoms. The molecule has 0 amide bonds. The highest BCUT2D eigenvalue weighted by Crippen LogP contribution is 2.19. The van der Waals surface area contributed by atoms with E-state index in [1.54, 1.807) is 6.20 Å². The lowest BCUT2D eigenvalue weighted by Gasteiger charge is -2.07. The average Bonchev–Trinajstić information content (AvgIpc) is 2.95. The van der Waals surface area contributed by atoms with E-state index in [4.69, 9.17) is 10.9 Å². The third-order valence-electron chi connectivity index (χ3n) is 2.86. The van der Waals surface area contributed by atoms with E-state index in [9.17, 15) is 10.1 Å². The van der Waals surface area contributed by atoms with Gasteiger partial charge in [-0.05, 0) is 12.0 Å². The summed E-state index contributed by atoms with van der Waals surface area (Å²) in [6, 6.07) is 3.00. The lowest BCUT2D eigenvalue weighted by molar-refractivity contribution is -0.385. The molecule has 0 saturated heterocycles. The SMILES string of the molecule is CC(C)c1ccn(-c2ncc([N+](=O)[O-])cc2C(N)=NO)n1. The molecule has 0 aliphatic carbocycles. The molecule has 0 bridgehead atoms. The highest BCUT2D eigenvalue weighted by atomic mass is 16.6. The molecule has 0 saturated carbocycles. The van der Waals surface area contributed by atoms with Crippen LogP contribution in [0, 0.1) is 10.1 Å². The van der Waals surface area contributed by atoms with Gasteiger partial charge in [0.25, 0.3) is 5.69 Å². The minimum absolute atomic E-state index is 0.130. The molecule has 2 heterocycles. The van der Waals surface area contributed by atoms with Crippen LogP contribution >= 0.6 is 0 Å². The Labute approximate surface area is 119 Å². The average molecular weight is 290 g/mol. The molecule has 0 fully saturated rings. The van der Waals surface area contributed by atoms with Crippen LogP contribution in [0.15, 0.2) is 29.7 Å². The molecule has 0 radical (unpaired) electrons. The molecule has 0 aliphatic rings. The smallest absolute Gasteiger partial charge is 0.288 e. The van der Waals surface area contributed by atoms with Crippen LogP contribution in [0.3, 0.4) is 0 Å². The zero-order valence-corrected chi connectivity index (χ0v) is 11.5. The Hall–Kier alpha value is -2.97. The molecule has 3 N–H and O–H groups in total. The highest BCUT2D eigenvalue weighted by Gasteiger charge is 2.18. The number of oxime groups is 1. The van der Waals surface area contributed by atoms with Gasteiger partial charge in [-0.15, -0.1) is 0 Å². The Morgan fingerprint density at radius 1 is 1.57 bits per heavy atom. The monoisotopic (exact) mass is 290 g/mol. The maximum Gasteiger partial charge on any atom is 0.288 e. The van der Waals surface area contributed by atoms with Crippen LogP contribution < -0.4 is 5.73 Å². The molecule has 2 aromatic rings. The fourth-order valence-electron chi connectivity index (χ4n) is 1.74. The van der Waals surface area contributed by atoms with Crippen LogP contribution in [0.1, 0.15) is 31.0 Å². The lowest BCUT2D eigenvalue weighted by atomic mass is 10.1. The summed E-state index contributed by atoms with van der Waals surface area (Å²) in [6.45, 7) is 3.97. The summed E-state index contributed by atoms with van der Waals surface area (Å²) in [5.41, 5.74) is 6.27. The second-order valence-electron chi connectivity index (χ2n) is 4.65. The van der Waals surface area contributed by atoms with Crippen LogP contribution in [-0.2, 0) is 0 Å². The first-order chi connectivity index (χ1) is 9.93. The maximum atomic E-state index is 10.8. The fourth-order valence-corrected chi connectivity index (χ4v) is 1.74. The van der Waals surface area contributed by atoms with E-state index in [1.807, 2.05) is 19.9 Å². The molecule has 0 unspecified atom stereocenters. The summed E-state index contributed by atoms with van der Waals surface area (Å²) >= 11 is 0. The quantitative estimate of drug-likeness (QED) is 0.287. The van der Waals surface area contributed by atoms with Gasteiger partial charge in [-0.25, -0.2) is 9.67 Å². The Balaban J connectivity index is 2.58. The third-order valence-corrected chi connectivity index (χ3v) is 2.86. The number of amidine groups is 1. The molecule has 0 aromatic carbocycles. The van der Waals surface area contributed by atoms with Crippen molar-refractivity contribution in [1.82, 2.24) is 14.8 Å². The van der Waals surface area contributed by atoms with Crippen molar-refractivity contribution in [1.29, 1.82) is 0 Å². The molecular weight excluding hydrogens is 276 g/mol. The highest BCUT2D eigenvalue weighted by molar-refractivity contribution is 6.00. The molecule has 2 aromatic heterocycles. The molecule has 9 nitrogen and oxygen atoms in total. The van der Waals surface area contributed by atoms with Gasteiger partial charge >= 0.3 is 0 Å². The lowest BCUT2D eigenvalue weighted by Crippen LogP contribution is -2.18. The van der Waals surface area contributed by atoms with Gasteiger partial charge in [0.2, 0.25) is 0 Å². The summed E-state index contributed by atoms with van der Waals surface area (Å²) in [5.74, 6) is 0.196. The number of aromatic nitrogens is 3. The number of rotatable bonds is 4. The molecule has 9 heteroatoms. The number of nitrogens with zero attached hydrogens (tertiary/aromatic N) is 5. The Bertz CT molecular complexity index is 707. The Kier molecular flexibility index (Phi) is 3.83. The van der Waals surface area contributed by atoms with E-state index in [0.717, 1.165) is 11.9 Å². The second kappa shape index (κ2) is 5.57. The van der Waals surface area contributed by atoms with Crippen molar-refractivity contribution >= 4 is 11.5 Å². The predicted molar refractivity (Wildman–Crippen MR) is 74.6 cm³/mol. The summed E-state index contributed by atoms with van der Waals surface area (Å²) < 4.78 is 1.44. The van der Waals surface area contributed by atoms with Crippen molar-refractivity contribution < 1.29 is 10.1 Å². The first kappa shape index (κ1) is 14.4. The number of hydrogen-bond acceptors (Lipinski definition) is 6. The maximum absolute atomic E-state index is 10.8. The first-order valence-electron chi connectivity index (χ1n) is 6.12. The van der Waals surface area contributed by atoms with Gasteiger partial charge in [0.05, 0.1) is 16.2 Å². The van der Waals surface area contributed by atoms with Crippen LogP contribution in [0.5, 0.6) is 0 Å². The number of nitrogens with two attached hydrogens (primary N) is 1. The van der Waals surface area contributed by atoms with Crippen molar-refractivity contribution in [2.24, 2.45) is 10.9 Å². The van der Waals surface area contributed by atoms with Crippen LogP contribution in [-0.4, -0.2) is 30.7 Å². The van der Waals surface area contributed by atoms with E-state index in [2.05, 4.69) is 15.2 Å². The van der Waals surface area contributed by atoms with Gasteiger partial charge in [-0.1, -0.05) is 19.0 Å². The van der Waals surface area contributed by atoms with Crippen molar-refractivity contribution in [3.05, 3.63) is 45.9 Å². The molecule has 2 rings (SSSR count). The van der Waals surface area contributed by atoms with Gasteiger partial charge < -0.3 is 10.9 Å². The second-order valence-corrected chi connectivity index (χ2v) is 4.65. The van der Waals surface area contributed by atoms with Crippen molar-refractivity contribution in [2.75, 3.05) is 0 Å². The van der Waals surface area contributed by atoms with Crippen molar-refractivity contribution in [3.63, 3.8) is 0 Å². The zero-order chi connectivity index (χ0) is 15.6. The largest absolute Gasteiger partial charge is 0.409 e. The normalized spacial score (nSPS) is 11.9. The standard InChI is InChI=1S/C12H14N6O3/c1-7(2)10-3-4-17(15-10)12-9(11(13)16-19)5-8(6-14-12)18(20)21/h3-7,19H,1-2H3,(H2,13,16). The minimum atomic E-state index is -0.604. The predicted octanol–water partition coefficient (Wildman–Crippen LogP) is 1.39. The van der Waals surface area contributed by atoms with Gasteiger partial charge in [0, 0.05) is 12.3 Å². The van der Waals surface area contributed by atoms with E-state index in [0.29, 0.717) is 0 Å². The van der Waals surface area contributed by atoms with Crippen molar-refractivity contribution in [2.45, 2.75) is 19.8 Å². The van der Waals surface area contributed by atoms with Crippen molar-refractivity contribution in [3.8, 4) is 5.82 Å². The molecular formula is C12H14N6O3. The molecule has 0 atom stereocenters. The topological polar surface area (TPSA) is 132 Å². The van der Waals surface area contributed by atoms with Gasteiger partial charge in [-0.2, -0.15) is 5.10 Å². The summed E-state index contributed by atoms with van der Waals surface area (Å²) in [7, 11) is 0. The van der Waals surface area contributed by atoms with Gasteiger partial charge in [-0.3, -0.25) is 10.1 Å². The van der Waals surface area contributed by atoms with E-state index in [-0.39, 0.29) is 28.8 Å². The van der Waals surface area contributed by atoms with Crippen LogP contribution in [0.4, 0.5) is 5.69 Å². The first-order valence-corrected chi connectivity index (χ1v) is 6.12. The molecule has 0 aliphatic heterocycles. The Morgan fingerprint density at radius 3 is 2.81 bits per heavy atom. The summed E-state index contributed by atoms with van der Waals surface area (Å²) in [5, 5.41) is 26.8. The van der Waals surface area contributed by atoms with Gasteiger partial charge in [0.15, 0.2) is 11.7 Å². The number of pyridine rings is 1. The van der Waals surface area contributed by atoms with Crippen LogP contribution in [0.25, 0.3) is 5.82 Å². The summed E-state index contributed by atoms with van der Waals surface area (Å²) in [4.78, 5) is 14.2. The molecule has 110 valence electrons. The summed E-state index contributed by atoms with van der Waals surface area (Å²) in [6.07, 6.45) is 2.76. The zero-order valence-electron chi connectivity index (χ0n) is 11.5.